The van der Waals surface area contributed by atoms with E-state index in [9.17, 15) is 5.21 Å². The highest BCUT2D eigenvalue weighted by Crippen LogP contribution is 2.33. The lowest BCUT2D eigenvalue weighted by Crippen LogP contribution is -2.33. The summed E-state index contributed by atoms with van der Waals surface area (Å²) in [6, 6.07) is 7.77. The molecule has 0 radical (unpaired) electrons. The Hall–Kier alpha value is -2.89. The van der Waals surface area contributed by atoms with Crippen molar-refractivity contribution in [3.63, 3.8) is 0 Å². The van der Waals surface area contributed by atoms with Gasteiger partial charge in [0.25, 0.3) is 11.5 Å². The van der Waals surface area contributed by atoms with Gasteiger partial charge in [-0.1, -0.05) is 0 Å². The average molecular weight is 310 g/mol. The van der Waals surface area contributed by atoms with Gasteiger partial charge in [0, 0.05) is 6.07 Å². The third-order valence-electron chi connectivity index (χ3n) is 3.94. The minimum atomic E-state index is -0.0276. The Morgan fingerprint density at radius 3 is 2.30 bits per heavy atom. The third kappa shape index (κ3) is 2.52. The first kappa shape index (κ1) is 15.0. The Morgan fingerprint density at radius 2 is 1.70 bits per heavy atom. The summed E-state index contributed by atoms with van der Waals surface area (Å²) in [5.41, 5.74) is 11.6. The predicted molar refractivity (Wildman–Crippen MR) is 89.1 cm³/mol. The minimum absolute atomic E-state index is 0.0276. The Morgan fingerprint density at radius 1 is 1.04 bits per heavy atom. The maximum Gasteiger partial charge on any atom is 0.288 e. The zero-order valence-corrected chi connectivity index (χ0v) is 13.5. The zero-order chi connectivity index (χ0) is 16.7. The second-order valence-electron chi connectivity index (χ2n) is 5.64. The molecule has 0 aliphatic rings. The number of rotatable bonds is 2. The Labute approximate surface area is 134 Å². The number of aryl methyl sites for hydroxylation is 3. The van der Waals surface area contributed by atoms with E-state index >= 15 is 0 Å². The van der Waals surface area contributed by atoms with E-state index in [-0.39, 0.29) is 5.95 Å². The molecule has 0 saturated carbocycles. The van der Waals surface area contributed by atoms with Crippen molar-refractivity contribution < 1.29 is 9.58 Å². The van der Waals surface area contributed by atoms with Crippen LogP contribution >= 0.6 is 0 Å². The molecular formula is C17H18N4O2. The van der Waals surface area contributed by atoms with Crippen molar-refractivity contribution in [3.8, 4) is 16.9 Å². The van der Waals surface area contributed by atoms with Gasteiger partial charge in [-0.25, -0.2) is 4.98 Å². The SMILES string of the molecule is COc1cc(C)c(-c2cc(C)c3nc(N)n[n+]([O-])c3c2)c(C)c1. The molecule has 0 aliphatic heterocycles. The quantitative estimate of drug-likeness (QED) is 0.580. The van der Waals surface area contributed by atoms with Gasteiger partial charge in [0.1, 0.15) is 11.3 Å². The van der Waals surface area contributed by atoms with Crippen molar-refractivity contribution in [2.75, 3.05) is 12.8 Å². The molecule has 0 aliphatic carbocycles. The molecule has 0 bridgehead atoms. The summed E-state index contributed by atoms with van der Waals surface area (Å²) in [5, 5.41) is 15.7. The molecule has 6 nitrogen and oxygen atoms in total. The first-order valence-corrected chi connectivity index (χ1v) is 7.24. The van der Waals surface area contributed by atoms with E-state index in [1.165, 1.54) is 0 Å². The lowest BCUT2D eigenvalue weighted by Gasteiger charge is -2.13. The normalized spacial score (nSPS) is 11.0. The molecule has 3 rings (SSSR count). The summed E-state index contributed by atoms with van der Waals surface area (Å²) in [4.78, 5) is 4.70. The average Bonchev–Trinajstić information content (AvgIpc) is 2.47. The summed E-state index contributed by atoms with van der Waals surface area (Å²) in [5.74, 6) is 0.788. The van der Waals surface area contributed by atoms with E-state index in [0.717, 1.165) is 33.6 Å². The Kier molecular flexibility index (Phi) is 3.52. The van der Waals surface area contributed by atoms with Crippen LogP contribution in [0.3, 0.4) is 0 Å². The van der Waals surface area contributed by atoms with E-state index in [2.05, 4.69) is 10.1 Å². The van der Waals surface area contributed by atoms with E-state index in [1.807, 2.05) is 39.0 Å². The first-order chi connectivity index (χ1) is 10.9. The van der Waals surface area contributed by atoms with Gasteiger partial charge in [0.05, 0.1) is 12.2 Å². The molecule has 1 heterocycles. The van der Waals surface area contributed by atoms with Gasteiger partial charge >= 0.3 is 0 Å². The number of hydrogen-bond donors (Lipinski definition) is 1. The van der Waals surface area contributed by atoms with Crippen LogP contribution in [0, 0.1) is 26.0 Å². The highest BCUT2D eigenvalue weighted by Gasteiger charge is 2.16. The van der Waals surface area contributed by atoms with Gasteiger partial charge in [-0.2, -0.15) is 0 Å². The standard InChI is InChI=1S/C17H18N4O2/c1-9-6-13(23-4)7-10(2)15(9)12-5-11(3)16-14(8-12)21(22)20-17(18)19-16/h5-8H,1-4H3,(H2,18,19,20). The first-order valence-electron chi connectivity index (χ1n) is 7.24. The van der Waals surface area contributed by atoms with Crippen molar-refractivity contribution in [3.05, 3.63) is 46.2 Å². The zero-order valence-electron chi connectivity index (χ0n) is 13.5. The van der Waals surface area contributed by atoms with E-state index in [1.54, 1.807) is 13.2 Å². The van der Waals surface area contributed by atoms with Crippen molar-refractivity contribution in [2.45, 2.75) is 20.8 Å². The van der Waals surface area contributed by atoms with Gasteiger partial charge in [0.15, 0.2) is 0 Å². The largest absolute Gasteiger partial charge is 0.594 e. The molecule has 0 saturated heterocycles. The van der Waals surface area contributed by atoms with Crippen molar-refractivity contribution in [1.82, 2.24) is 10.1 Å². The molecule has 0 unspecified atom stereocenters. The fourth-order valence-electron chi connectivity index (χ4n) is 2.98. The number of nitrogens with two attached hydrogens (primary N) is 1. The maximum absolute atomic E-state index is 12.1. The summed E-state index contributed by atoms with van der Waals surface area (Å²) >= 11 is 0. The molecule has 1 aromatic heterocycles. The molecule has 3 aromatic rings. The van der Waals surface area contributed by atoms with Crippen LogP contribution < -0.4 is 15.3 Å². The molecule has 2 N–H and O–H groups in total. The smallest absolute Gasteiger partial charge is 0.288 e. The van der Waals surface area contributed by atoms with Gasteiger partial charge in [-0.15, -0.1) is 0 Å². The van der Waals surface area contributed by atoms with Crippen molar-refractivity contribution in [2.24, 2.45) is 0 Å². The lowest BCUT2D eigenvalue weighted by molar-refractivity contribution is -0.641. The van der Waals surface area contributed by atoms with E-state index in [4.69, 9.17) is 10.5 Å². The number of nitrogens with zero attached hydrogens (tertiary/aromatic N) is 3. The highest BCUT2D eigenvalue weighted by molar-refractivity contribution is 5.84. The summed E-state index contributed by atoms with van der Waals surface area (Å²) < 4.78 is 5.30. The second kappa shape index (κ2) is 5.39. The molecule has 118 valence electrons. The van der Waals surface area contributed by atoms with Crippen LogP contribution in [0.4, 0.5) is 5.95 Å². The van der Waals surface area contributed by atoms with E-state index < -0.39 is 0 Å². The number of aromatic nitrogens is 3. The van der Waals surface area contributed by atoms with Crippen LogP contribution in [-0.2, 0) is 0 Å². The third-order valence-corrected chi connectivity index (χ3v) is 3.94. The number of hydrogen-bond acceptors (Lipinski definition) is 5. The molecule has 0 amide bonds. The molecule has 6 heteroatoms. The number of nitrogen functional groups attached to an aromatic ring is 1. The topological polar surface area (TPSA) is 88.0 Å². The number of benzene rings is 2. The maximum atomic E-state index is 12.1. The lowest BCUT2D eigenvalue weighted by atomic mass is 9.94. The predicted octanol–water partition coefficient (Wildman–Crippen LogP) is 2.45. The second-order valence-corrected chi connectivity index (χ2v) is 5.64. The van der Waals surface area contributed by atoms with Crippen LogP contribution in [0.2, 0.25) is 0 Å². The number of fused-ring (bicyclic) bond motifs is 1. The van der Waals surface area contributed by atoms with Crippen LogP contribution in [0.25, 0.3) is 22.2 Å². The molecule has 23 heavy (non-hydrogen) atoms. The van der Waals surface area contributed by atoms with Crippen LogP contribution in [0.1, 0.15) is 16.7 Å². The molecule has 0 spiro atoms. The monoisotopic (exact) mass is 310 g/mol. The Bertz CT molecular complexity index is 899. The number of anilines is 1. The summed E-state index contributed by atoms with van der Waals surface area (Å²) in [6.45, 7) is 5.96. The summed E-state index contributed by atoms with van der Waals surface area (Å²) in [7, 11) is 1.65. The van der Waals surface area contributed by atoms with Crippen LogP contribution in [0.15, 0.2) is 24.3 Å². The van der Waals surface area contributed by atoms with E-state index in [0.29, 0.717) is 15.9 Å². The van der Waals surface area contributed by atoms with Crippen molar-refractivity contribution >= 4 is 17.0 Å². The highest BCUT2D eigenvalue weighted by atomic mass is 16.5. The molecular weight excluding hydrogens is 292 g/mol. The van der Waals surface area contributed by atoms with Crippen LogP contribution in [0.5, 0.6) is 5.75 Å². The Balaban J connectivity index is 2.30. The molecule has 0 fully saturated rings. The fourth-order valence-corrected chi connectivity index (χ4v) is 2.98. The van der Waals surface area contributed by atoms with Crippen molar-refractivity contribution in [1.29, 1.82) is 0 Å². The van der Waals surface area contributed by atoms with Gasteiger partial charge in [-0.05, 0) is 71.6 Å². The van der Waals surface area contributed by atoms with Gasteiger partial charge in [-0.3, -0.25) is 0 Å². The van der Waals surface area contributed by atoms with Gasteiger partial charge < -0.3 is 15.7 Å². The summed E-state index contributed by atoms with van der Waals surface area (Å²) in [6.07, 6.45) is 0. The number of methoxy groups -OCH3 is 1. The molecule has 0 atom stereocenters. The van der Waals surface area contributed by atoms with Gasteiger partial charge in [0.2, 0.25) is 0 Å². The minimum Gasteiger partial charge on any atom is -0.594 e. The molecule has 2 aromatic carbocycles. The number of ether oxygens (including phenoxy) is 1. The fraction of sp³-hybridized carbons (Fsp3) is 0.235. The van der Waals surface area contributed by atoms with Crippen LogP contribution in [-0.4, -0.2) is 17.2 Å².